The van der Waals surface area contributed by atoms with Crippen LogP contribution in [-0.4, -0.2) is 53.6 Å². The summed E-state index contributed by atoms with van der Waals surface area (Å²) < 4.78 is 0. The molecule has 4 heteroatoms. The molecule has 3 nitrogen and oxygen atoms in total. The molecule has 2 bridgehead atoms. The molecule has 0 spiro atoms. The third kappa shape index (κ3) is 2.18. The van der Waals surface area contributed by atoms with Crippen molar-refractivity contribution in [2.24, 2.45) is 5.73 Å². The summed E-state index contributed by atoms with van der Waals surface area (Å²) in [6.07, 6.45) is 2.21. The van der Waals surface area contributed by atoms with Crippen LogP contribution in [0.5, 0.6) is 0 Å². The molecule has 2 N–H and O–H groups in total. The lowest BCUT2D eigenvalue weighted by Crippen LogP contribution is -2.47. The van der Waals surface area contributed by atoms with E-state index in [1.807, 2.05) is 0 Å². The largest absolute Gasteiger partial charge is 0.393 e. The first-order valence-corrected chi connectivity index (χ1v) is 5.41. The van der Waals surface area contributed by atoms with Crippen LogP contribution in [0.1, 0.15) is 12.8 Å². The maximum Gasteiger partial charge on any atom is 0.0740 e. The summed E-state index contributed by atoms with van der Waals surface area (Å²) in [5, 5.41) is 0. The Labute approximate surface area is 84.9 Å². The standard InChI is InChI=1S/C9H17N3S/c10-9(13)2-4-12-6-5-11-3-1-8(12)7-11/h8H,1-7H2,(H2,10,13). The summed E-state index contributed by atoms with van der Waals surface area (Å²) in [6, 6.07) is 0.781. The molecule has 2 unspecified atom stereocenters. The number of hydrogen-bond donors (Lipinski definition) is 1. The van der Waals surface area contributed by atoms with Crippen LogP contribution in [0.4, 0.5) is 0 Å². The topological polar surface area (TPSA) is 32.5 Å². The average Bonchev–Trinajstić information content (AvgIpc) is 2.47. The molecule has 0 radical (unpaired) electrons. The van der Waals surface area contributed by atoms with Crippen molar-refractivity contribution in [2.75, 3.05) is 32.7 Å². The minimum absolute atomic E-state index is 0.653. The number of thiocarbonyl (C=S) groups is 1. The fourth-order valence-electron chi connectivity index (χ4n) is 2.31. The summed E-state index contributed by atoms with van der Waals surface area (Å²) in [5.41, 5.74) is 5.50. The Kier molecular flexibility index (Phi) is 2.81. The van der Waals surface area contributed by atoms with Crippen LogP contribution in [-0.2, 0) is 0 Å². The van der Waals surface area contributed by atoms with Crippen LogP contribution in [0.2, 0.25) is 0 Å². The van der Waals surface area contributed by atoms with Gasteiger partial charge in [0.2, 0.25) is 0 Å². The van der Waals surface area contributed by atoms with Gasteiger partial charge in [-0.15, -0.1) is 0 Å². The SMILES string of the molecule is NC(=S)CCN1CCN2CCC1C2. The van der Waals surface area contributed by atoms with Crippen LogP contribution in [0.25, 0.3) is 0 Å². The quantitative estimate of drug-likeness (QED) is 0.651. The number of rotatable bonds is 3. The van der Waals surface area contributed by atoms with Gasteiger partial charge in [-0.05, 0) is 13.0 Å². The van der Waals surface area contributed by atoms with Crippen LogP contribution >= 0.6 is 12.2 Å². The minimum Gasteiger partial charge on any atom is -0.393 e. The lowest BCUT2D eigenvalue weighted by atomic mass is 10.2. The second-order valence-corrected chi connectivity index (χ2v) is 4.52. The third-order valence-corrected chi connectivity index (χ3v) is 3.32. The molecule has 0 aliphatic carbocycles. The molecule has 0 aromatic carbocycles. The Balaban J connectivity index is 1.82. The molecule has 0 saturated carbocycles. The highest BCUT2D eigenvalue weighted by Crippen LogP contribution is 2.20. The predicted molar refractivity (Wildman–Crippen MR) is 57.8 cm³/mol. The van der Waals surface area contributed by atoms with Gasteiger partial charge < -0.3 is 10.6 Å². The maximum absolute atomic E-state index is 5.50. The van der Waals surface area contributed by atoms with Crippen LogP contribution in [0.3, 0.4) is 0 Å². The van der Waals surface area contributed by atoms with E-state index in [1.165, 1.54) is 32.6 Å². The number of nitrogens with two attached hydrogens (primary N) is 1. The van der Waals surface area contributed by atoms with E-state index in [1.54, 1.807) is 0 Å². The van der Waals surface area contributed by atoms with E-state index in [-0.39, 0.29) is 0 Å². The number of hydrogen-bond acceptors (Lipinski definition) is 3. The van der Waals surface area contributed by atoms with Gasteiger partial charge in [-0.1, -0.05) is 12.2 Å². The van der Waals surface area contributed by atoms with E-state index in [0.717, 1.165) is 19.0 Å². The van der Waals surface area contributed by atoms with Crippen molar-refractivity contribution in [3.05, 3.63) is 0 Å². The first-order valence-electron chi connectivity index (χ1n) is 5.00. The highest BCUT2D eigenvalue weighted by atomic mass is 32.1. The summed E-state index contributed by atoms with van der Waals surface area (Å²) in [5.74, 6) is 0. The molecule has 2 fully saturated rings. The van der Waals surface area contributed by atoms with E-state index in [2.05, 4.69) is 9.80 Å². The van der Waals surface area contributed by atoms with Gasteiger partial charge in [0.15, 0.2) is 0 Å². The van der Waals surface area contributed by atoms with E-state index in [4.69, 9.17) is 18.0 Å². The molecule has 0 aromatic rings. The molecular formula is C9H17N3S. The second-order valence-electron chi connectivity index (χ2n) is 4.00. The highest BCUT2D eigenvalue weighted by Gasteiger charge is 2.31. The van der Waals surface area contributed by atoms with Gasteiger partial charge in [-0.3, -0.25) is 4.90 Å². The molecule has 2 aliphatic heterocycles. The second kappa shape index (κ2) is 3.90. The van der Waals surface area contributed by atoms with Crippen LogP contribution in [0.15, 0.2) is 0 Å². The first kappa shape index (κ1) is 9.37. The van der Waals surface area contributed by atoms with Gasteiger partial charge in [0.25, 0.3) is 0 Å². The Hall–Kier alpha value is -0.190. The van der Waals surface area contributed by atoms with Crippen molar-refractivity contribution < 1.29 is 0 Å². The van der Waals surface area contributed by atoms with Gasteiger partial charge in [-0.25, -0.2) is 0 Å². The maximum atomic E-state index is 5.50. The zero-order chi connectivity index (χ0) is 9.26. The molecule has 0 amide bonds. The van der Waals surface area contributed by atoms with E-state index < -0.39 is 0 Å². The predicted octanol–water partition coefficient (Wildman–Crippen LogP) is 0.0525. The van der Waals surface area contributed by atoms with Crippen LogP contribution < -0.4 is 5.73 Å². The van der Waals surface area contributed by atoms with Crippen molar-refractivity contribution in [1.29, 1.82) is 0 Å². The molecular weight excluding hydrogens is 182 g/mol. The van der Waals surface area contributed by atoms with E-state index >= 15 is 0 Å². The van der Waals surface area contributed by atoms with Crippen molar-refractivity contribution in [3.8, 4) is 0 Å². The fourth-order valence-corrected chi connectivity index (χ4v) is 2.41. The number of piperazine rings is 1. The molecule has 2 rings (SSSR count). The third-order valence-electron chi connectivity index (χ3n) is 3.11. The summed E-state index contributed by atoms with van der Waals surface area (Å²) >= 11 is 4.89. The normalized spacial score (nSPS) is 33.5. The fraction of sp³-hybridized carbons (Fsp3) is 0.889. The monoisotopic (exact) mass is 199 g/mol. The van der Waals surface area contributed by atoms with Gasteiger partial charge in [0.05, 0.1) is 4.99 Å². The van der Waals surface area contributed by atoms with Crippen LogP contribution in [0, 0.1) is 0 Å². The smallest absolute Gasteiger partial charge is 0.0740 e. The van der Waals surface area contributed by atoms with Crippen molar-refractivity contribution in [3.63, 3.8) is 0 Å². The number of nitrogens with zero attached hydrogens (tertiary/aromatic N) is 2. The summed E-state index contributed by atoms with van der Waals surface area (Å²) in [7, 11) is 0. The Bertz CT molecular complexity index is 207. The molecule has 2 heterocycles. The molecule has 2 saturated heterocycles. The van der Waals surface area contributed by atoms with Gasteiger partial charge >= 0.3 is 0 Å². The highest BCUT2D eigenvalue weighted by molar-refractivity contribution is 7.80. The van der Waals surface area contributed by atoms with Gasteiger partial charge in [0.1, 0.15) is 0 Å². The minimum atomic E-state index is 0.653. The van der Waals surface area contributed by atoms with Crippen molar-refractivity contribution >= 4 is 17.2 Å². The molecule has 2 aliphatic rings. The van der Waals surface area contributed by atoms with Gasteiger partial charge in [-0.2, -0.15) is 0 Å². The summed E-state index contributed by atoms with van der Waals surface area (Å²) in [4.78, 5) is 5.74. The lowest BCUT2D eigenvalue weighted by molar-refractivity contribution is 0.139. The zero-order valence-corrected chi connectivity index (χ0v) is 8.72. The first-order chi connectivity index (χ1) is 6.25. The summed E-state index contributed by atoms with van der Waals surface area (Å²) in [6.45, 7) is 6.04. The van der Waals surface area contributed by atoms with Crippen molar-refractivity contribution in [2.45, 2.75) is 18.9 Å². The van der Waals surface area contributed by atoms with E-state index in [9.17, 15) is 0 Å². The van der Waals surface area contributed by atoms with Crippen molar-refractivity contribution in [1.82, 2.24) is 9.80 Å². The average molecular weight is 199 g/mol. The Morgan fingerprint density at radius 1 is 1.38 bits per heavy atom. The Morgan fingerprint density at radius 3 is 3.00 bits per heavy atom. The molecule has 74 valence electrons. The zero-order valence-electron chi connectivity index (χ0n) is 7.91. The van der Waals surface area contributed by atoms with Gasteiger partial charge in [0, 0.05) is 38.6 Å². The Morgan fingerprint density at radius 2 is 2.23 bits per heavy atom. The lowest BCUT2D eigenvalue weighted by Gasteiger charge is -2.34. The number of fused-ring (bicyclic) bond motifs is 2. The molecule has 13 heavy (non-hydrogen) atoms. The molecule has 0 aromatic heterocycles. The molecule has 2 atom stereocenters. The van der Waals surface area contributed by atoms with E-state index in [0.29, 0.717) is 4.99 Å².